The molecule has 1 rings (SSSR count). The van der Waals surface area contributed by atoms with Crippen LogP contribution in [0.25, 0.3) is 0 Å². The number of nitro groups is 2. The summed E-state index contributed by atoms with van der Waals surface area (Å²) in [4.78, 5) is 34.1. The van der Waals surface area contributed by atoms with Crippen molar-refractivity contribution in [1.82, 2.24) is 0 Å². The lowest BCUT2D eigenvalue weighted by molar-refractivity contribution is -0.392. The van der Waals surface area contributed by atoms with E-state index in [2.05, 4.69) is 4.99 Å². The first-order chi connectivity index (χ1) is 9.27. The minimum atomic E-state index is -1.54. The molecule has 3 N–H and O–H groups in total. The Balaban J connectivity index is 3.73. The molecule has 0 saturated heterocycles. The Bertz CT molecular complexity index is 594. The molecule has 0 aliphatic carbocycles. The number of carboxylic acids is 1. The van der Waals surface area contributed by atoms with Gasteiger partial charge in [0.15, 0.2) is 0 Å². The fraction of sp³-hybridized carbons (Fsp3) is 0.111. The average molecular weight is 303 g/mol. The smallest absolute Gasteiger partial charge is 0.336 e. The highest BCUT2D eigenvalue weighted by molar-refractivity contribution is 6.28. The van der Waals surface area contributed by atoms with Gasteiger partial charge in [0.2, 0.25) is 5.69 Å². The van der Waals surface area contributed by atoms with E-state index in [0.29, 0.717) is 12.1 Å². The molecular formula is C9H7ClN4O6. The second kappa shape index (κ2) is 5.93. The lowest BCUT2D eigenvalue weighted by atomic mass is 10.1. The second-order valence-corrected chi connectivity index (χ2v) is 3.69. The van der Waals surface area contributed by atoms with Crippen LogP contribution in [0.5, 0.6) is 0 Å². The van der Waals surface area contributed by atoms with Gasteiger partial charge < -0.3 is 10.8 Å². The van der Waals surface area contributed by atoms with E-state index in [9.17, 15) is 25.0 Å². The number of amidine groups is 1. The number of carboxylic acid groups (broad SMARTS) is 1. The number of carbonyl (C=O) groups is 1. The highest BCUT2D eigenvalue weighted by atomic mass is 35.5. The van der Waals surface area contributed by atoms with Gasteiger partial charge in [-0.25, -0.2) is 9.79 Å². The highest BCUT2D eigenvalue weighted by Gasteiger charge is 2.28. The Morgan fingerprint density at radius 2 is 1.75 bits per heavy atom. The van der Waals surface area contributed by atoms with E-state index < -0.39 is 38.4 Å². The zero-order chi connectivity index (χ0) is 15.4. The molecule has 0 bridgehead atoms. The molecule has 1 aromatic rings. The van der Waals surface area contributed by atoms with Gasteiger partial charge in [0.1, 0.15) is 5.84 Å². The summed E-state index contributed by atoms with van der Waals surface area (Å²) in [6, 6.07) is 1.32. The first-order valence-corrected chi connectivity index (χ1v) is 5.40. The average Bonchev–Trinajstić information content (AvgIpc) is 2.37. The monoisotopic (exact) mass is 302 g/mol. The minimum Gasteiger partial charge on any atom is -0.478 e. The highest BCUT2D eigenvalue weighted by Crippen LogP contribution is 2.38. The number of benzene rings is 1. The lowest BCUT2D eigenvalue weighted by Crippen LogP contribution is -2.13. The van der Waals surface area contributed by atoms with Crippen LogP contribution in [0.1, 0.15) is 10.4 Å². The molecule has 20 heavy (non-hydrogen) atoms. The minimum absolute atomic E-state index is 0.277. The van der Waals surface area contributed by atoms with Crippen molar-refractivity contribution in [3.63, 3.8) is 0 Å². The lowest BCUT2D eigenvalue weighted by Gasteiger charge is -2.02. The molecule has 10 nitrogen and oxygen atoms in total. The largest absolute Gasteiger partial charge is 0.478 e. The quantitative estimate of drug-likeness (QED) is 0.273. The standard InChI is InChI=1S/C9H7ClN4O6/c10-3-7(11)12-8-5(13(17)18)1-4(9(15)16)2-6(8)14(19)20/h1-2H,3H2,(H2,11,12)(H,15,16). The van der Waals surface area contributed by atoms with Crippen molar-refractivity contribution >= 4 is 40.5 Å². The van der Waals surface area contributed by atoms with Gasteiger partial charge in [0.05, 0.1) is 21.3 Å². The maximum Gasteiger partial charge on any atom is 0.336 e. The van der Waals surface area contributed by atoms with Gasteiger partial charge in [-0.15, -0.1) is 11.6 Å². The Morgan fingerprint density at radius 3 is 2.05 bits per heavy atom. The third-order valence-corrected chi connectivity index (χ3v) is 2.38. The summed E-state index contributed by atoms with van der Waals surface area (Å²) < 4.78 is 0. The summed E-state index contributed by atoms with van der Waals surface area (Å²) in [5.74, 6) is -2.12. The zero-order valence-electron chi connectivity index (χ0n) is 9.65. The number of nitro benzene ring substituents is 2. The molecule has 11 heteroatoms. The number of aliphatic imine (C=N–C) groups is 1. The molecule has 106 valence electrons. The molecule has 0 fully saturated rings. The maximum absolute atomic E-state index is 10.9. The van der Waals surface area contributed by atoms with Gasteiger partial charge in [-0.05, 0) is 0 Å². The second-order valence-electron chi connectivity index (χ2n) is 3.42. The predicted molar refractivity (Wildman–Crippen MR) is 68.7 cm³/mol. The topological polar surface area (TPSA) is 162 Å². The van der Waals surface area contributed by atoms with Gasteiger partial charge in [-0.3, -0.25) is 20.2 Å². The van der Waals surface area contributed by atoms with Crippen LogP contribution >= 0.6 is 11.6 Å². The van der Waals surface area contributed by atoms with Crippen molar-refractivity contribution in [2.24, 2.45) is 10.7 Å². The van der Waals surface area contributed by atoms with Crippen molar-refractivity contribution < 1.29 is 19.7 Å². The number of hydrogen-bond acceptors (Lipinski definition) is 6. The molecule has 0 radical (unpaired) electrons. The molecule has 0 heterocycles. The van der Waals surface area contributed by atoms with Crippen molar-refractivity contribution in [2.75, 3.05) is 5.88 Å². The molecule has 0 aliphatic heterocycles. The van der Waals surface area contributed by atoms with E-state index in [1.54, 1.807) is 0 Å². The number of aromatic carboxylic acids is 1. The molecular weight excluding hydrogens is 296 g/mol. The molecule has 0 saturated carbocycles. The number of rotatable bonds is 5. The number of hydrogen-bond donors (Lipinski definition) is 2. The van der Waals surface area contributed by atoms with Crippen molar-refractivity contribution in [3.8, 4) is 0 Å². The third-order valence-electron chi connectivity index (χ3n) is 2.10. The van der Waals surface area contributed by atoms with E-state index in [-0.39, 0.29) is 11.7 Å². The van der Waals surface area contributed by atoms with Crippen LogP contribution in [0, 0.1) is 20.2 Å². The van der Waals surface area contributed by atoms with Crippen LogP contribution in [-0.4, -0.2) is 32.6 Å². The van der Waals surface area contributed by atoms with Gasteiger partial charge in [-0.1, -0.05) is 0 Å². The van der Waals surface area contributed by atoms with Crippen LogP contribution in [0.4, 0.5) is 17.1 Å². The van der Waals surface area contributed by atoms with Crippen LogP contribution in [0.3, 0.4) is 0 Å². The summed E-state index contributed by atoms with van der Waals surface area (Å²) in [5, 5.41) is 30.6. The molecule has 1 aromatic carbocycles. The van der Waals surface area contributed by atoms with E-state index in [4.69, 9.17) is 22.4 Å². The molecule has 0 atom stereocenters. The number of nitrogens with two attached hydrogens (primary N) is 1. The van der Waals surface area contributed by atoms with Crippen LogP contribution < -0.4 is 5.73 Å². The Labute approximate surface area is 115 Å². The summed E-state index contributed by atoms with van der Waals surface area (Å²) in [6.45, 7) is 0. The van der Waals surface area contributed by atoms with Crippen molar-refractivity contribution in [1.29, 1.82) is 0 Å². The SMILES string of the molecule is NC(CCl)=Nc1c([N+](=O)[O-])cc(C(=O)O)cc1[N+](=O)[O-]. The van der Waals surface area contributed by atoms with Crippen LogP contribution in [0.15, 0.2) is 17.1 Å². The Kier molecular flexibility index (Phi) is 4.54. The van der Waals surface area contributed by atoms with Gasteiger partial charge in [-0.2, -0.15) is 0 Å². The van der Waals surface area contributed by atoms with Crippen LogP contribution in [0.2, 0.25) is 0 Å². The van der Waals surface area contributed by atoms with E-state index >= 15 is 0 Å². The summed E-state index contributed by atoms with van der Waals surface area (Å²) in [6.07, 6.45) is 0. The third kappa shape index (κ3) is 3.17. The molecule has 0 aromatic heterocycles. The summed E-state index contributed by atoms with van der Waals surface area (Å²) in [7, 11) is 0. The predicted octanol–water partition coefficient (Wildman–Crippen LogP) is 1.43. The van der Waals surface area contributed by atoms with E-state index in [0.717, 1.165) is 0 Å². The normalized spacial score (nSPS) is 11.2. The molecule has 0 aliphatic rings. The first-order valence-electron chi connectivity index (χ1n) is 4.87. The first kappa shape index (κ1) is 15.3. The number of halogens is 1. The van der Waals surface area contributed by atoms with Crippen LogP contribution in [-0.2, 0) is 0 Å². The van der Waals surface area contributed by atoms with Gasteiger partial charge >= 0.3 is 17.3 Å². The van der Waals surface area contributed by atoms with Gasteiger partial charge in [0.25, 0.3) is 0 Å². The molecule has 0 spiro atoms. The zero-order valence-corrected chi connectivity index (χ0v) is 10.4. The number of alkyl halides is 1. The number of nitrogens with zero attached hydrogens (tertiary/aromatic N) is 3. The summed E-state index contributed by atoms with van der Waals surface area (Å²) >= 11 is 5.36. The molecule has 0 unspecified atom stereocenters. The van der Waals surface area contributed by atoms with Gasteiger partial charge in [0, 0.05) is 12.1 Å². The fourth-order valence-electron chi connectivity index (χ4n) is 1.29. The summed E-state index contributed by atoms with van der Waals surface area (Å²) in [5.41, 5.74) is 2.36. The van der Waals surface area contributed by atoms with Crippen molar-refractivity contribution in [3.05, 3.63) is 37.9 Å². The Hall–Kier alpha value is -2.75. The maximum atomic E-state index is 10.9. The van der Waals surface area contributed by atoms with Crippen molar-refractivity contribution in [2.45, 2.75) is 0 Å². The Morgan fingerprint density at radius 1 is 1.30 bits per heavy atom. The fourth-order valence-corrected chi connectivity index (χ4v) is 1.35. The molecule has 0 amide bonds. The van der Waals surface area contributed by atoms with E-state index in [1.165, 1.54) is 0 Å². The van der Waals surface area contributed by atoms with E-state index in [1.807, 2.05) is 0 Å².